The Kier molecular flexibility index (Phi) is 4.31. The van der Waals surface area contributed by atoms with Gasteiger partial charge < -0.3 is 9.80 Å². The van der Waals surface area contributed by atoms with Gasteiger partial charge in [-0.05, 0) is 43.2 Å². The zero-order valence-corrected chi connectivity index (χ0v) is 15.7. The van der Waals surface area contributed by atoms with Gasteiger partial charge in [0, 0.05) is 44.0 Å². The van der Waals surface area contributed by atoms with Crippen molar-refractivity contribution in [2.75, 3.05) is 31.1 Å². The lowest BCUT2D eigenvalue weighted by molar-refractivity contribution is 0.0740. The maximum absolute atomic E-state index is 13.1. The Bertz CT molecular complexity index is 957. The molecule has 0 atom stereocenters. The molecule has 1 aliphatic carbocycles. The molecule has 0 bridgehead atoms. The van der Waals surface area contributed by atoms with E-state index in [1.807, 2.05) is 70.4 Å². The smallest absolute Gasteiger partial charge is 0.274 e. The summed E-state index contributed by atoms with van der Waals surface area (Å²) >= 11 is 0. The van der Waals surface area contributed by atoms with Crippen LogP contribution in [0.15, 0.2) is 60.8 Å². The molecule has 0 radical (unpaired) electrons. The Balaban J connectivity index is 1.34. The third kappa shape index (κ3) is 3.26. The van der Waals surface area contributed by atoms with Crippen LogP contribution in [0.4, 0.5) is 5.82 Å². The SMILES string of the molecule is O=C(c1cc(C2CC2)n(-c2ccccc2)n1)N1CCN(c2ccccn2)CC1. The van der Waals surface area contributed by atoms with Crippen molar-refractivity contribution in [3.8, 4) is 5.69 Å². The topological polar surface area (TPSA) is 54.3 Å². The Morgan fingerprint density at radius 2 is 1.68 bits per heavy atom. The van der Waals surface area contributed by atoms with Gasteiger partial charge in [0.15, 0.2) is 5.69 Å². The number of hydrogen-bond donors (Lipinski definition) is 0. The first kappa shape index (κ1) is 17.0. The van der Waals surface area contributed by atoms with Crippen LogP contribution in [0, 0.1) is 0 Å². The molecule has 5 rings (SSSR count). The highest BCUT2D eigenvalue weighted by molar-refractivity contribution is 5.92. The Morgan fingerprint density at radius 3 is 2.36 bits per heavy atom. The summed E-state index contributed by atoms with van der Waals surface area (Å²) in [5, 5.41) is 4.69. The molecular weight excluding hydrogens is 350 g/mol. The van der Waals surface area contributed by atoms with E-state index in [-0.39, 0.29) is 5.91 Å². The highest BCUT2D eigenvalue weighted by atomic mass is 16.2. The van der Waals surface area contributed by atoms with E-state index >= 15 is 0 Å². The van der Waals surface area contributed by atoms with Crippen LogP contribution in [0.3, 0.4) is 0 Å². The summed E-state index contributed by atoms with van der Waals surface area (Å²) in [6, 6.07) is 18.0. The lowest BCUT2D eigenvalue weighted by Crippen LogP contribution is -2.49. The monoisotopic (exact) mass is 373 g/mol. The van der Waals surface area contributed by atoms with E-state index in [0.717, 1.165) is 30.3 Å². The van der Waals surface area contributed by atoms with Crippen LogP contribution in [-0.4, -0.2) is 51.8 Å². The van der Waals surface area contributed by atoms with Crippen LogP contribution in [0.5, 0.6) is 0 Å². The van der Waals surface area contributed by atoms with Crippen molar-refractivity contribution in [3.63, 3.8) is 0 Å². The highest BCUT2D eigenvalue weighted by Crippen LogP contribution is 2.41. The molecule has 0 N–H and O–H groups in total. The molecule has 1 aliphatic heterocycles. The maximum atomic E-state index is 13.1. The van der Waals surface area contributed by atoms with E-state index in [0.29, 0.717) is 24.7 Å². The molecule has 2 aromatic heterocycles. The number of rotatable bonds is 4. The van der Waals surface area contributed by atoms with E-state index in [1.54, 1.807) is 0 Å². The Labute approximate surface area is 164 Å². The minimum Gasteiger partial charge on any atom is -0.353 e. The molecule has 1 saturated heterocycles. The predicted octanol–water partition coefficient (Wildman–Crippen LogP) is 3.11. The summed E-state index contributed by atoms with van der Waals surface area (Å²) in [5.41, 5.74) is 2.72. The van der Waals surface area contributed by atoms with Crippen LogP contribution in [-0.2, 0) is 0 Å². The van der Waals surface area contributed by atoms with Crippen molar-refractivity contribution in [2.45, 2.75) is 18.8 Å². The molecule has 1 saturated carbocycles. The molecule has 6 nitrogen and oxygen atoms in total. The van der Waals surface area contributed by atoms with Gasteiger partial charge in [0.25, 0.3) is 5.91 Å². The van der Waals surface area contributed by atoms with Gasteiger partial charge in [-0.1, -0.05) is 24.3 Å². The van der Waals surface area contributed by atoms with Crippen LogP contribution >= 0.6 is 0 Å². The summed E-state index contributed by atoms with van der Waals surface area (Å²) in [6.45, 7) is 2.95. The number of anilines is 1. The molecule has 6 heteroatoms. The lowest BCUT2D eigenvalue weighted by atomic mass is 10.2. The average Bonchev–Trinajstić information content (AvgIpc) is 3.52. The number of pyridine rings is 1. The highest BCUT2D eigenvalue weighted by Gasteiger charge is 2.31. The minimum absolute atomic E-state index is 0.0252. The second-order valence-electron chi connectivity index (χ2n) is 7.44. The van der Waals surface area contributed by atoms with E-state index in [9.17, 15) is 4.79 Å². The van der Waals surface area contributed by atoms with Crippen LogP contribution < -0.4 is 4.90 Å². The number of carbonyl (C=O) groups excluding carboxylic acids is 1. The fourth-order valence-electron chi connectivity index (χ4n) is 3.79. The number of carbonyl (C=O) groups is 1. The second kappa shape index (κ2) is 7.11. The second-order valence-corrected chi connectivity index (χ2v) is 7.44. The number of aromatic nitrogens is 3. The average molecular weight is 373 g/mol. The number of nitrogens with zero attached hydrogens (tertiary/aromatic N) is 5. The van der Waals surface area contributed by atoms with Crippen molar-refractivity contribution in [3.05, 3.63) is 72.2 Å². The van der Waals surface area contributed by atoms with E-state index in [2.05, 4.69) is 9.88 Å². The van der Waals surface area contributed by atoms with Crippen molar-refractivity contribution in [1.29, 1.82) is 0 Å². The van der Waals surface area contributed by atoms with Crippen molar-refractivity contribution < 1.29 is 4.79 Å². The first-order valence-electron chi connectivity index (χ1n) is 9.90. The van der Waals surface area contributed by atoms with E-state index in [1.165, 1.54) is 12.8 Å². The number of piperazine rings is 1. The molecule has 2 fully saturated rings. The third-order valence-corrected chi connectivity index (χ3v) is 5.49. The summed E-state index contributed by atoms with van der Waals surface area (Å²) < 4.78 is 1.95. The van der Waals surface area contributed by atoms with Crippen molar-refractivity contribution in [2.24, 2.45) is 0 Å². The summed E-state index contributed by atoms with van der Waals surface area (Å²) in [7, 11) is 0. The predicted molar refractivity (Wildman–Crippen MR) is 108 cm³/mol. The zero-order chi connectivity index (χ0) is 18.9. The fraction of sp³-hybridized carbons (Fsp3) is 0.318. The van der Waals surface area contributed by atoms with E-state index in [4.69, 9.17) is 5.10 Å². The zero-order valence-electron chi connectivity index (χ0n) is 15.7. The molecular formula is C22H23N5O. The lowest BCUT2D eigenvalue weighted by Gasteiger charge is -2.35. The molecule has 0 spiro atoms. The molecule has 3 aromatic rings. The minimum atomic E-state index is 0.0252. The van der Waals surface area contributed by atoms with Crippen molar-refractivity contribution >= 4 is 11.7 Å². The molecule has 142 valence electrons. The molecule has 0 unspecified atom stereocenters. The molecule has 28 heavy (non-hydrogen) atoms. The van der Waals surface area contributed by atoms with Gasteiger partial charge in [-0.15, -0.1) is 0 Å². The first-order chi connectivity index (χ1) is 13.8. The number of hydrogen-bond acceptors (Lipinski definition) is 4. The van der Waals surface area contributed by atoms with Crippen LogP contribution in [0.25, 0.3) is 5.69 Å². The summed E-state index contributed by atoms with van der Waals surface area (Å²) in [6.07, 6.45) is 4.16. The number of amides is 1. The van der Waals surface area contributed by atoms with Gasteiger partial charge in [-0.25, -0.2) is 9.67 Å². The van der Waals surface area contributed by atoms with Gasteiger partial charge in [0.05, 0.1) is 5.69 Å². The summed E-state index contributed by atoms with van der Waals surface area (Å²) in [5.74, 6) is 1.52. The van der Waals surface area contributed by atoms with Crippen molar-refractivity contribution in [1.82, 2.24) is 19.7 Å². The van der Waals surface area contributed by atoms with Gasteiger partial charge in [0.2, 0.25) is 0 Å². The third-order valence-electron chi connectivity index (χ3n) is 5.49. The molecule has 3 heterocycles. The standard InChI is InChI=1S/C22H23N5O/c28-22(26-14-12-25(13-15-26)21-8-4-5-11-23-21)19-16-20(17-9-10-17)27(24-19)18-6-2-1-3-7-18/h1-8,11,16-17H,9-10,12-15H2. The molecule has 1 aromatic carbocycles. The molecule has 1 amide bonds. The number of benzene rings is 1. The van der Waals surface area contributed by atoms with Gasteiger partial charge in [-0.2, -0.15) is 5.10 Å². The fourth-order valence-corrected chi connectivity index (χ4v) is 3.79. The Morgan fingerprint density at radius 1 is 0.929 bits per heavy atom. The molecule has 2 aliphatic rings. The quantitative estimate of drug-likeness (QED) is 0.705. The van der Waals surface area contributed by atoms with Gasteiger partial charge in [0.1, 0.15) is 5.82 Å². The van der Waals surface area contributed by atoms with Gasteiger partial charge >= 0.3 is 0 Å². The number of para-hydroxylation sites is 1. The normalized spacial score (nSPS) is 17.0. The maximum Gasteiger partial charge on any atom is 0.274 e. The Hall–Kier alpha value is -3.15. The van der Waals surface area contributed by atoms with Gasteiger partial charge in [-0.3, -0.25) is 4.79 Å². The summed E-state index contributed by atoms with van der Waals surface area (Å²) in [4.78, 5) is 21.6. The van der Waals surface area contributed by atoms with Crippen LogP contribution in [0.2, 0.25) is 0 Å². The first-order valence-corrected chi connectivity index (χ1v) is 9.90. The largest absolute Gasteiger partial charge is 0.353 e. The van der Waals surface area contributed by atoms with Crippen LogP contribution in [0.1, 0.15) is 34.9 Å². The van der Waals surface area contributed by atoms with E-state index < -0.39 is 0 Å².